The van der Waals surface area contributed by atoms with Crippen molar-refractivity contribution in [1.29, 1.82) is 0 Å². The molecule has 0 heterocycles. The predicted molar refractivity (Wildman–Crippen MR) is 97.1 cm³/mol. The van der Waals surface area contributed by atoms with E-state index in [0.29, 0.717) is 33.9 Å². The molecule has 2 rings (SSSR count). The van der Waals surface area contributed by atoms with Gasteiger partial charge in [-0.3, -0.25) is 14.9 Å². The molecule has 136 valence electrons. The Hall–Kier alpha value is -3.42. The third kappa shape index (κ3) is 4.15. The van der Waals surface area contributed by atoms with Gasteiger partial charge in [0, 0.05) is 22.8 Å². The number of nitro groups is 1. The zero-order valence-electron chi connectivity index (χ0n) is 14.9. The molecule has 0 radical (unpaired) electrons. The lowest BCUT2D eigenvalue weighted by Crippen LogP contribution is -2.19. The number of carbonyl (C=O) groups is 1. The molecule has 8 nitrogen and oxygen atoms in total. The highest BCUT2D eigenvalue weighted by Crippen LogP contribution is 2.27. The predicted octanol–water partition coefficient (Wildman–Crippen LogP) is 3.07. The molecule has 0 fully saturated rings. The molecule has 26 heavy (non-hydrogen) atoms. The van der Waals surface area contributed by atoms with Crippen LogP contribution in [0.5, 0.6) is 11.5 Å². The number of benzene rings is 2. The number of nitrogens with one attached hydrogen (secondary N) is 1. The Balaban J connectivity index is 2.20. The summed E-state index contributed by atoms with van der Waals surface area (Å²) in [5.74, 6) is 0.498. The topological polar surface area (TPSA) is 103 Å². The van der Waals surface area contributed by atoms with Crippen LogP contribution in [0.4, 0.5) is 5.69 Å². The largest absolute Gasteiger partial charge is 0.493 e. The average Bonchev–Trinajstić information content (AvgIpc) is 2.65. The number of aryl methyl sites for hydroxylation is 1. The van der Waals surface area contributed by atoms with Crippen molar-refractivity contribution >= 4 is 17.3 Å². The van der Waals surface area contributed by atoms with Crippen LogP contribution < -0.4 is 14.9 Å². The second kappa shape index (κ2) is 8.11. The fraction of sp³-hybridized carbons (Fsp3) is 0.222. The minimum absolute atomic E-state index is 0.00303. The maximum atomic E-state index is 12.3. The van der Waals surface area contributed by atoms with Crippen molar-refractivity contribution in [3.05, 3.63) is 63.2 Å². The molecular formula is C18H19N3O5. The molecule has 2 aromatic carbocycles. The van der Waals surface area contributed by atoms with E-state index in [9.17, 15) is 14.9 Å². The summed E-state index contributed by atoms with van der Waals surface area (Å²) in [7, 11) is 2.98. The fourth-order valence-corrected chi connectivity index (χ4v) is 2.27. The molecule has 0 saturated heterocycles. The summed E-state index contributed by atoms with van der Waals surface area (Å²) in [6.07, 6.45) is 0. The molecule has 0 aliphatic heterocycles. The molecule has 0 unspecified atom stereocenters. The lowest BCUT2D eigenvalue weighted by molar-refractivity contribution is -0.385. The minimum atomic E-state index is -0.450. The summed E-state index contributed by atoms with van der Waals surface area (Å²) in [6, 6.07) is 9.52. The zero-order chi connectivity index (χ0) is 19.3. The molecule has 8 heteroatoms. The number of carbonyl (C=O) groups excluding carboxylic acids is 1. The van der Waals surface area contributed by atoms with Crippen LogP contribution in [0.2, 0.25) is 0 Å². The highest BCUT2D eigenvalue weighted by molar-refractivity contribution is 6.01. The zero-order valence-corrected chi connectivity index (χ0v) is 14.9. The van der Waals surface area contributed by atoms with E-state index in [1.54, 1.807) is 38.1 Å². The summed E-state index contributed by atoms with van der Waals surface area (Å²) < 4.78 is 10.3. The van der Waals surface area contributed by atoms with Crippen molar-refractivity contribution in [3.63, 3.8) is 0 Å². The third-order valence-electron chi connectivity index (χ3n) is 3.79. The number of rotatable bonds is 6. The monoisotopic (exact) mass is 357 g/mol. The summed E-state index contributed by atoms with van der Waals surface area (Å²) in [5.41, 5.74) is 4.33. The normalized spacial score (nSPS) is 11.0. The second-order valence-corrected chi connectivity index (χ2v) is 5.47. The van der Waals surface area contributed by atoms with Gasteiger partial charge in [-0.25, -0.2) is 5.43 Å². The van der Waals surface area contributed by atoms with E-state index in [2.05, 4.69) is 10.5 Å². The van der Waals surface area contributed by atoms with Gasteiger partial charge in [0.2, 0.25) is 0 Å². The molecule has 1 N–H and O–H groups in total. The van der Waals surface area contributed by atoms with Gasteiger partial charge in [0.15, 0.2) is 11.5 Å². The Morgan fingerprint density at radius 1 is 1.08 bits per heavy atom. The van der Waals surface area contributed by atoms with E-state index in [4.69, 9.17) is 9.47 Å². The van der Waals surface area contributed by atoms with Crippen molar-refractivity contribution in [2.75, 3.05) is 14.2 Å². The molecule has 0 aromatic heterocycles. The lowest BCUT2D eigenvalue weighted by Gasteiger charge is -2.09. The smallest absolute Gasteiger partial charge is 0.272 e. The fourth-order valence-electron chi connectivity index (χ4n) is 2.27. The number of nitrogens with zero attached hydrogens (tertiary/aromatic N) is 2. The van der Waals surface area contributed by atoms with Gasteiger partial charge in [0.05, 0.1) is 24.9 Å². The number of ether oxygens (including phenoxy) is 2. The summed E-state index contributed by atoms with van der Waals surface area (Å²) in [4.78, 5) is 22.8. The molecule has 0 atom stereocenters. The van der Waals surface area contributed by atoms with Crippen LogP contribution in [0.1, 0.15) is 28.4 Å². The molecule has 0 bridgehead atoms. The average molecular weight is 357 g/mol. The van der Waals surface area contributed by atoms with Crippen molar-refractivity contribution < 1.29 is 19.2 Å². The van der Waals surface area contributed by atoms with Crippen molar-refractivity contribution in [1.82, 2.24) is 5.43 Å². The number of hydrogen-bond donors (Lipinski definition) is 1. The van der Waals surface area contributed by atoms with Gasteiger partial charge in [-0.15, -0.1) is 0 Å². The first-order valence-electron chi connectivity index (χ1n) is 7.69. The molecule has 0 aliphatic carbocycles. The van der Waals surface area contributed by atoms with E-state index in [1.807, 2.05) is 0 Å². The highest BCUT2D eigenvalue weighted by atomic mass is 16.6. The van der Waals surface area contributed by atoms with Gasteiger partial charge in [-0.2, -0.15) is 5.10 Å². The Bertz CT molecular complexity index is 877. The quantitative estimate of drug-likeness (QED) is 0.486. The third-order valence-corrected chi connectivity index (χ3v) is 3.79. The Morgan fingerprint density at radius 2 is 1.73 bits per heavy atom. The molecule has 2 aromatic rings. The van der Waals surface area contributed by atoms with E-state index in [0.717, 1.165) is 0 Å². The van der Waals surface area contributed by atoms with Crippen LogP contribution in [-0.4, -0.2) is 30.8 Å². The van der Waals surface area contributed by atoms with Gasteiger partial charge < -0.3 is 9.47 Å². The van der Waals surface area contributed by atoms with Gasteiger partial charge in [0.25, 0.3) is 11.6 Å². The van der Waals surface area contributed by atoms with Gasteiger partial charge in [-0.05, 0) is 32.0 Å². The van der Waals surface area contributed by atoms with Crippen LogP contribution in [-0.2, 0) is 0 Å². The number of nitro benzene ring substituents is 1. The van der Waals surface area contributed by atoms with Crippen LogP contribution in [0.3, 0.4) is 0 Å². The Morgan fingerprint density at radius 3 is 2.35 bits per heavy atom. The Kier molecular flexibility index (Phi) is 5.90. The summed E-state index contributed by atoms with van der Waals surface area (Å²) in [5, 5.41) is 15.1. The SMILES string of the molecule is COc1ccc(C(=O)NN=C(C)c2ccc(C)c([N+](=O)[O-])c2)cc1OC. The first-order valence-corrected chi connectivity index (χ1v) is 7.69. The molecular weight excluding hydrogens is 338 g/mol. The maximum Gasteiger partial charge on any atom is 0.272 e. The van der Waals surface area contributed by atoms with Crippen LogP contribution in [0.25, 0.3) is 0 Å². The van der Waals surface area contributed by atoms with E-state index >= 15 is 0 Å². The second-order valence-electron chi connectivity index (χ2n) is 5.47. The Labute approximate surface area is 150 Å². The van der Waals surface area contributed by atoms with Crippen molar-refractivity contribution in [2.24, 2.45) is 5.10 Å². The van der Waals surface area contributed by atoms with Crippen LogP contribution >= 0.6 is 0 Å². The van der Waals surface area contributed by atoms with E-state index in [1.165, 1.54) is 26.4 Å². The maximum absolute atomic E-state index is 12.3. The molecule has 1 amide bonds. The number of amides is 1. The van der Waals surface area contributed by atoms with Gasteiger partial charge in [0.1, 0.15) is 0 Å². The van der Waals surface area contributed by atoms with E-state index in [-0.39, 0.29) is 5.69 Å². The molecule has 0 spiro atoms. The highest BCUT2D eigenvalue weighted by Gasteiger charge is 2.13. The number of hydrazone groups is 1. The first-order chi connectivity index (χ1) is 12.4. The minimum Gasteiger partial charge on any atom is -0.493 e. The first kappa shape index (κ1) is 18.9. The lowest BCUT2D eigenvalue weighted by atomic mass is 10.1. The van der Waals surface area contributed by atoms with Crippen LogP contribution in [0.15, 0.2) is 41.5 Å². The van der Waals surface area contributed by atoms with Crippen molar-refractivity contribution in [3.8, 4) is 11.5 Å². The number of methoxy groups -OCH3 is 2. The van der Waals surface area contributed by atoms with Crippen molar-refractivity contribution in [2.45, 2.75) is 13.8 Å². The van der Waals surface area contributed by atoms with E-state index < -0.39 is 10.8 Å². The molecule has 0 aliphatic rings. The van der Waals surface area contributed by atoms with Crippen LogP contribution in [0, 0.1) is 17.0 Å². The summed E-state index contributed by atoms with van der Waals surface area (Å²) in [6.45, 7) is 3.32. The molecule has 0 saturated carbocycles. The summed E-state index contributed by atoms with van der Waals surface area (Å²) >= 11 is 0. The van der Waals surface area contributed by atoms with Gasteiger partial charge >= 0.3 is 0 Å². The number of hydrogen-bond acceptors (Lipinski definition) is 6. The standard InChI is InChI=1S/C18H19N3O5/c1-11-5-6-13(9-15(11)21(23)24)12(2)19-20-18(22)14-7-8-16(25-3)17(10-14)26-4/h5-10H,1-4H3,(H,20,22). The van der Waals surface area contributed by atoms with Gasteiger partial charge in [-0.1, -0.05) is 12.1 Å².